The summed E-state index contributed by atoms with van der Waals surface area (Å²) < 4.78 is 10.3. The van der Waals surface area contributed by atoms with E-state index in [1.165, 1.54) is 12.2 Å². The zero-order valence-corrected chi connectivity index (χ0v) is 12.4. The van der Waals surface area contributed by atoms with E-state index >= 15 is 0 Å². The fourth-order valence-electron chi connectivity index (χ4n) is 2.16. The number of nitrogens with one attached hydrogen (secondary N) is 1. The molecule has 0 bridgehead atoms. The maximum Gasteiger partial charge on any atom is 0.287 e. The zero-order chi connectivity index (χ0) is 16.5. The lowest BCUT2D eigenvalue weighted by Gasteiger charge is -2.07. The Morgan fingerprint density at radius 1 is 1.29 bits per heavy atom. The lowest BCUT2D eigenvalue weighted by molar-refractivity contribution is -0.121. The molecule has 1 aliphatic carbocycles. The van der Waals surface area contributed by atoms with Gasteiger partial charge in [-0.2, -0.15) is 10.1 Å². The molecule has 2 aromatic heterocycles. The van der Waals surface area contributed by atoms with Crippen LogP contribution in [0.1, 0.15) is 30.4 Å². The van der Waals surface area contributed by atoms with Crippen molar-refractivity contribution in [1.29, 1.82) is 0 Å². The Balaban J connectivity index is 1.36. The van der Waals surface area contributed by atoms with Crippen LogP contribution in [-0.2, 0) is 16.1 Å². The van der Waals surface area contributed by atoms with Crippen LogP contribution < -0.4 is 5.32 Å². The summed E-state index contributed by atoms with van der Waals surface area (Å²) in [5.74, 6) is 0.897. The van der Waals surface area contributed by atoms with Crippen molar-refractivity contribution >= 4 is 11.8 Å². The van der Waals surface area contributed by atoms with Gasteiger partial charge in [-0.15, -0.1) is 5.11 Å². The molecular weight excluding hydrogens is 316 g/mol. The van der Waals surface area contributed by atoms with Gasteiger partial charge in [0.05, 0.1) is 6.54 Å². The number of rotatable bonds is 5. The molecule has 0 radical (unpaired) electrons. The van der Waals surface area contributed by atoms with Crippen molar-refractivity contribution in [3.8, 4) is 11.5 Å². The first-order valence-electron chi connectivity index (χ1n) is 7.39. The molecule has 10 heteroatoms. The van der Waals surface area contributed by atoms with Crippen LogP contribution in [-0.4, -0.2) is 33.2 Å². The molecule has 0 aromatic carbocycles. The third-order valence-electron chi connectivity index (χ3n) is 3.59. The number of nitrogens with zero attached hydrogens (tertiary/aromatic N) is 5. The van der Waals surface area contributed by atoms with E-state index in [2.05, 4.69) is 30.8 Å². The highest BCUT2D eigenvalue weighted by molar-refractivity contribution is 5.92. The molecule has 24 heavy (non-hydrogen) atoms. The van der Waals surface area contributed by atoms with Crippen molar-refractivity contribution in [3.63, 3.8) is 0 Å². The van der Waals surface area contributed by atoms with Crippen LogP contribution in [0.3, 0.4) is 0 Å². The van der Waals surface area contributed by atoms with E-state index < -0.39 is 17.9 Å². The Labute approximate surface area is 135 Å². The molecule has 2 aliphatic rings. The second kappa shape index (κ2) is 5.80. The SMILES string of the molecule is O=C1C=CC(C(=O)NCc2nc(-c3cc(C4CC4)on3)no2)N=N1. The largest absolute Gasteiger partial charge is 0.360 e. The minimum Gasteiger partial charge on any atom is -0.360 e. The van der Waals surface area contributed by atoms with Crippen LogP contribution >= 0.6 is 0 Å². The molecule has 1 fully saturated rings. The van der Waals surface area contributed by atoms with Gasteiger partial charge in [-0.1, -0.05) is 10.3 Å². The van der Waals surface area contributed by atoms with Crippen LogP contribution in [0.25, 0.3) is 11.5 Å². The minimum absolute atomic E-state index is 0.0347. The van der Waals surface area contributed by atoms with Crippen LogP contribution in [0.2, 0.25) is 0 Å². The number of carbonyl (C=O) groups excluding carboxylic acids is 2. The summed E-state index contributed by atoms with van der Waals surface area (Å²) in [4.78, 5) is 26.9. The summed E-state index contributed by atoms with van der Waals surface area (Å²) in [6.07, 6.45) is 4.79. The molecule has 1 saturated carbocycles. The lowest BCUT2D eigenvalue weighted by Crippen LogP contribution is -2.32. The summed E-state index contributed by atoms with van der Waals surface area (Å²) in [6.45, 7) is 0.0347. The van der Waals surface area contributed by atoms with E-state index in [1.54, 1.807) is 6.07 Å². The van der Waals surface area contributed by atoms with Gasteiger partial charge in [0.15, 0.2) is 11.7 Å². The van der Waals surface area contributed by atoms with Gasteiger partial charge in [0, 0.05) is 18.1 Å². The molecule has 1 atom stereocenters. The molecule has 1 aliphatic heterocycles. The van der Waals surface area contributed by atoms with Gasteiger partial charge in [-0.25, -0.2) is 0 Å². The Hall–Kier alpha value is -3.17. The Kier molecular flexibility index (Phi) is 3.48. The predicted octanol–water partition coefficient (Wildman–Crippen LogP) is 1.14. The van der Waals surface area contributed by atoms with Gasteiger partial charge < -0.3 is 14.4 Å². The van der Waals surface area contributed by atoms with E-state index in [-0.39, 0.29) is 12.4 Å². The van der Waals surface area contributed by atoms with Gasteiger partial charge in [0.2, 0.25) is 11.7 Å². The summed E-state index contributed by atoms with van der Waals surface area (Å²) in [6, 6.07) is 0.969. The Morgan fingerprint density at radius 2 is 2.17 bits per heavy atom. The molecule has 1 unspecified atom stereocenters. The van der Waals surface area contributed by atoms with Crippen LogP contribution in [0, 0.1) is 0 Å². The number of amides is 2. The van der Waals surface area contributed by atoms with Gasteiger partial charge in [0.1, 0.15) is 5.76 Å². The highest BCUT2D eigenvalue weighted by atomic mass is 16.5. The second-order valence-corrected chi connectivity index (χ2v) is 5.48. The number of carbonyl (C=O) groups is 2. The fraction of sp³-hybridized carbons (Fsp3) is 0.357. The van der Waals surface area contributed by atoms with Crippen LogP contribution in [0.15, 0.2) is 37.5 Å². The summed E-state index contributed by atoms with van der Waals surface area (Å²) in [5, 5.41) is 17.2. The maximum absolute atomic E-state index is 11.9. The molecule has 2 aromatic rings. The van der Waals surface area contributed by atoms with E-state index in [4.69, 9.17) is 9.05 Å². The molecule has 4 rings (SSSR count). The molecule has 0 saturated heterocycles. The Bertz CT molecular complexity index is 831. The number of hydrogen-bond acceptors (Lipinski definition) is 8. The van der Waals surface area contributed by atoms with E-state index in [0.29, 0.717) is 17.4 Å². The van der Waals surface area contributed by atoms with Gasteiger partial charge in [-0.3, -0.25) is 9.59 Å². The molecule has 3 heterocycles. The van der Waals surface area contributed by atoms with Crippen molar-refractivity contribution < 1.29 is 18.6 Å². The molecule has 1 N–H and O–H groups in total. The van der Waals surface area contributed by atoms with Crippen LogP contribution in [0.5, 0.6) is 0 Å². The minimum atomic E-state index is -0.832. The normalized spacial score (nSPS) is 19.7. The number of aromatic nitrogens is 3. The first-order chi connectivity index (χ1) is 11.7. The van der Waals surface area contributed by atoms with Crippen molar-refractivity contribution in [2.24, 2.45) is 10.2 Å². The monoisotopic (exact) mass is 328 g/mol. The van der Waals surface area contributed by atoms with Crippen LogP contribution in [0.4, 0.5) is 0 Å². The van der Waals surface area contributed by atoms with Gasteiger partial charge in [-0.05, 0) is 18.9 Å². The average molecular weight is 328 g/mol. The number of hydrogen-bond donors (Lipinski definition) is 1. The molecular formula is C14H12N6O4. The predicted molar refractivity (Wildman–Crippen MR) is 76.4 cm³/mol. The third-order valence-corrected chi connectivity index (χ3v) is 3.59. The zero-order valence-electron chi connectivity index (χ0n) is 12.4. The van der Waals surface area contributed by atoms with E-state index in [9.17, 15) is 9.59 Å². The topological polar surface area (TPSA) is 136 Å². The highest BCUT2D eigenvalue weighted by Crippen LogP contribution is 2.40. The van der Waals surface area contributed by atoms with Crippen molar-refractivity contribution in [1.82, 2.24) is 20.6 Å². The molecule has 0 spiro atoms. The van der Waals surface area contributed by atoms with Crippen molar-refractivity contribution in [2.45, 2.75) is 31.3 Å². The molecule has 10 nitrogen and oxygen atoms in total. The summed E-state index contributed by atoms with van der Waals surface area (Å²) >= 11 is 0. The fourth-order valence-corrected chi connectivity index (χ4v) is 2.16. The molecule has 122 valence electrons. The van der Waals surface area contributed by atoms with E-state index in [1.807, 2.05) is 0 Å². The number of azo groups is 1. The highest BCUT2D eigenvalue weighted by Gasteiger charge is 2.28. The third kappa shape index (κ3) is 2.98. The summed E-state index contributed by atoms with van der Waals surface area (Å²) in [7, 11) is 0. The first kappa shape index (κ1) is 14.4. The lowest BCUT2D eigenvalue weighted by atomic mass is 10.2. The smallest absolute Gasteiger partial charge is 0.287 e. The Morgan fingerprint density at radius 3 is 2.92 bits per heavy atom. The second-order valence-electron chi connectivity index (χ2n) is 5.48. The maximum atomic E-state index is 11.9. The standard InChI is InChI=1S/C14H12N6O4/c21-11-4-3-8(17-18-11)14(22)15-6-12-16-13(20-24-12)9-5-10(23-19-9)7-1-2-7/h3-5,7-8H,1-2,6H2,(H,15,22). The van der Waals surface area contributed by atoms with E-state index in [0.717, 1.165) is 18.6 Å². The van der Waals surface area contributed by atoms with Crippen molar-refractivity contribution in [3.05, 3.63) is 29.9 Å². The quantitative estimate of drug-likeness (QED) is 0.868. The summed E-state index contributed by atoms with van der Waals surface area (Å²) in [5.41, 5.74) is 0.501. The average Bonchev–Trinajstić information content (AvgIpc) is 3.13. The van der Waals surface area contributed by atoms with Gasteiger partial charge >= 0.3 is 0 Å². The van der Waals surface area contributed by atoms with Gasteiger partial charge in [0.25, 0.3) is 11.8 Å². The van der Waals surface area contributed by atoms with Crippen molar-refractivity contribution in [2.75, 3.05) is 0 Å². The molecule has 2 amide bonds. The first-order valence-corrected chi connectivity index (χ1v) is 7.39.